The van der Waals surface area contributed by atoms with Crippen LogP contribution in [0, 0.1) is 0 Å². The topological polar surface area (TPSA) is 144 Å². The van der Waals surface area contributed by atoms with Gasteiger partial charge in [0, 0.05) is 44.2 Å². The van der Waals surface area contributed by atoms with Crippen molar-refractivity contribution in [3.8, 4) is 0 Å². The Kier molecular flexibility index (Phi) is 5.51. The molecule has 10 nitrogen and oxygen atoms in total. The van der Waals surface area contributed by atoms with Gasteiger partial charge in [0.1, 0.15) is 17.4 Å². The lowest BCUT2D eigenvalue weighted by Gasteiger charge is -2.35. The van der Waals surface area contributed by atoms with Crippen LogP contribution in [-0.4, -0.2) is 60.3 Å². The lowest BCUT2D eigenvalue weighted by atomic mass is 10.1. The first-order valence-electron chi connectivity index (χ1n) is 8.84. The number of hydrogen-bond acceptors (Lipinski definition) is 9. The largest absolute Gasteiger partial charge is 0.383 e. The maximum Gasteiger partial charge on any atom is 0.223 e. The maximum absolute atomic E-state index is 11.7. The average Bonchev–Trinajstić information content (AvgIpc) is 3.04. The molecular weight excluding hydrogens is 370 g/mol. The summed E-state index contributed by atoms with van der Waals surface area (Å²) in [6.07, 6.45) is 3.43. The van der Waals surface area contributed by atoms with Crippen LogP contribution in [0.4, 0.5) is 17.6 Å². The molecule has 4 N–H and O–H groups in total. The number of nitrogens with two attached hydrogens (primary N) is 2. The van der Waals surface area contributed by atoms with Crippen molar-refractivity contribution in [3.05, 3.63) is 23.1 Å². The summed E-state index contributed by atoms with van der Waals surface area (Å²) >= 11 is 0. The molecule has 1 fully saturated rings. The normalized spacial score (nSPS) is 16.0. The number of sulfonamides is 1. The second kappa shape index (κ2) is 7.69. The number of nitrogen functional groups attached to an aromatic ring is 2. The molecule has 0 saturated carbocycles. The zero-order valence-electron chi connectivity index (χ0n) is 15.6. The van der Waals surface area contributed by atoms with E-state index < -0.39 is 10.0 Å². The van der Waals surface area contributed by atoms with Crippen LogP contribution in [0.3, 0.4) is 0 Å². The van der Waals surface area contributed by atoms with Gasteiger partial charge in [-0.1, -0.05) is 18.5 Å². The van der Waals surface area contributed by atoms with Crippen LogP contribution in [-0.2, 0) is 22.9 Å². The van der Waals surface area contributed by atoms with Crippen molar-refractivity contribution in [2.45, 2.75) is 26.2 Å². The van der Waals surface area contributed by atoms with Gasteiger partial charge < -0.3 is 20.9 Å². The van der Waals surface area contributed by atoms with Crippen molar-refractivity contribution in [2.24, 2.45) is 0 Å². The molecule has 1 aliphatic heterocycles. The second-order valence-electron chi connectivity index (χ2n) is 6.63. The molecule has 0 aliphatic carbocycles. The third kappa shape index (κ3) is 4.48. The van der Waals surface area contributed by atoms with Gasteiger partial charge in [-0.05, 0) is 6.42 Å². The van der Waals surface area contributed by atoms with E-state index in [4.69, 9.17) is 16.0 Å². The molecule has 2 aromatic rings. The van der Waals surface area contributed by atoms with E-state index >= 15 is 0 Å². The van der Waals surface area contributed by atoms with E-state index in [1.165, 1.54) is 10.6 Å². The van der Waals surface area contributed by atoms with Crippen molar-refractivity contribution < 1.29 is 12.9 Å². The molecule has 1 aliphatic rings. The monoisotopic (exact) mass is 395 g/mol. The number of piperazine rings is 1. The van der Waals surface area contributed by atoms with Crippen LogP contribution >= 0.6 is 0 Å². The van der Waals surface area contributed by atoms with E-state index in [-0.39, 0.29) is 11.8 Å². The van der Waals surface area contributed by atoms with Crippen molar-refractivity contribution in [1.29, 1.82) is 0 Å². The highest BCUT2D eigenvalue weighted by atomic mass is 32.2. The summed E-state index contributed by atoms with van der Waals surface area (Å²) in [5.74, 6) is 1.66. The molecule has 0 atom stereocenters. The van der Waals surface area contributed by atoms with Crippen molar-refractivity contribution in [3.63, 3.8) is 0 Å². The summed E-state index contributed by atoms with van der Waals surface area (Å²) < 4.78 is 30.3. The molecule has 11 heteroatoms. The first kappa shape index (κ1) is 19.4. The number of anilines is 3. The van der Waals surface area contributed by atoms with Gasteiger partial charge in [0.2, 0.25) is 16.0 Å². The smallest absolute Gasteiger partial charge is 0.223 e. The Labute approximate surface area is 158 Å². The molecular formula is C16H25N7O3S. The average molecular weight is 395 g/mol. The van der Waals surface area contributed by atoms with Crippen molar-refractivity contribution >= 4 is 27.6 Å². The molecule has 0 aromatic carbocycles. The Balaban J connectivity index is 1.85. The van der Waals surface area contributed by atoms with E-state index in [1.54, 1.807) is 0 Å². The molecule has 0 unspecified atom stereocenters. The molecule has 3 heterocycles. The number of rotatable bonds is 6. The molecule has 0 amide bonds. The minimum Gasteiger partial charge on any atom is -0.383 e. The first-order chi connectivity index (χ1) is 12.8. The van der Waals surface area contributed by atoms with Gasteiger partial charge in [-0.2, -0.15) is 14.3 Å². The Bertz CT molecular complexity index is 905. The Morgan fingerprint density at radius 3 is 2.52 bits per heavy atom. The van der Waals surface area contributed by atoms with Crippen LogP contribution in [0.25, 0.3) is 0 Å². The highest BCUT2D eigenvalue weighted by Crippen LogP contribution is 2.28. The quantitative estimate of drug-likeness (QED) is 0.703. The third-order valence-corrected chi connectivity index (χ3v) is 5.81. The fraction of sp³-hybridized carbons (Fsp3) is 0.562. The highest BCUT2D eigenvalue weighted by Gasteiger charge is 2.27. The standard InChI is InChI=1S/C16H25N7O3S/c1-3-4-11-9-12(26-21-11)10-13-14(17)19-16(18)20-15(13)22-5-7-23(8-6-22)27(2,24)25/h9H,3-8,10H2,1-2H3,(H4,17,18,19,20). The lowest BCUT2D eigenvalue weighted by Crippen LogP contribution is -2.49. The Morgan fingerprint density at radius 2 is 1.89 bits per heavy atom. The molecule has 0 radical (unpaired) electrons. The van der Waals surface area contributed by atoms with E-state index in [1.807, 2.05) is 11.0 Å². The zero-order valence-corrected chi connectivity index (χ0v) is 16.4. The highest BCUT2D eigenvalue weighted by molar-refractivity contribution is 7.88. The molecule has 148 valence electrons. The number of hydrogen-bond donors (Lipinski definition) is 2. The predicted molar refractivity (Wildman–Crippen MR) is 103 cm³/mol. The minimum atomic E-state index is -3.21. The Morgan fingerprint density at radius 1 is 1.19 bits per heavy atom. The summed E-state index contributed by atoms with van der Waals surface area (Å²) in [6.45, 7) is 3.82. The molecule has 27 heavy (non-hydrogen) atoms. The van der Waals surface area contributed by atoms with Crippen LogP contribution in [0.5, 0.6) is 0 Å². The van der Waals surface area contributed by atoms with E-state index in [2.05, 4.69) is 22.0 Å². The number of nitrogens with zero attached hydrogens (tertiary/aromatic N) is 5. The first-order valence-corrected chi connectivity index (χ1v) is 10.7. The summed E-state index contributed by atoms with van der Waals surface area (Å²) in [4.78, 5) is 10.4. The second-order valence-corrected chi connectivity index (χ2v) is 8.61. The van der Waals surface area contributed by atoms with E-state index in [9.17, 15) is 8.42 Å². The molecule has 0 spiro atoms. The van der Waals surface area contributed by atoms with Gasteiger partial charge >= 0.3 is 0 Å². The number of aromatic nitrogens is 3. The van der Waals surface area contributed by atoms with E-state index in [0.717, 1.165) is 18.5 Å². The number of aryl methyl sites for hydroxylation is 1. The summed E-state index contributed by atoms with van der Waals surface area (Å²) in [6, 6.07) is 1.91. The molecule has 1 saturated heterocycles. The van der Waals surface area contributed by atoms with Gasteiger partial charge in [0.05, 0.1) is 11.9 Å². The molecule has 3 rings (SSSR count). The fourth-order valence-electron chi connectivity index (χ4n) is 3.16. The summed E-state index contributed by atoms with van der Waals surface area (Å²) in [5, 5.41) is 4.06. The van der Waals surface area contributed by atoms with Gasteiger partial charge in [-0.25, -0.2) is 8.42 Å². The maximum atomic E-state index is 11.7. The summed E-state index contributed by atoms with van der Waals surface area (Å²) in [5.41, 5.74) is 13.5. The minimum absolute atomic E-state index is 0.0843. The van der Waals surface area contributed by atoms with Crippen LogP contribution < -0.4 is 16.4 Å². The zero-order chi connectivity index (χ0) is 19.6. The van der Waals surface area contributed by atoms with Crippen molar-refractivity contribution in [1.82, 2.24) is 19.4 Å². The van der Waals surface area contributed by atoms with Gasteiger partial charge in [-0.3, -0.25) is 0 Å². The Hall–Kier alpha value is -2.40. The van der Waals surface area contributed by atoms with Gasteiger partial charge in [0.25, 0.3) is 0 Å². The third-order valence-electron chi connectivity index (χ3n) is 4.51. The van der Waals surface area contributed by atoms with Crippen LogP contribution in [0.15, 0.2) is 10.6 Å². The van der Waals surface area contributed by atoms with Crippen molar-refractivity contribution in [2.75, 3.05) is 48.8 Å². The van der Waals surface area contributed by atoms with Crippen LogP contribution in [0.1, 0.15) is 30.4 Å². The summed E-state index contributed by atoms with van der Waals surface area (Å²) in [7, 11) is -3.21. The molecule has 2 aromatic heterocycles. The fourth-order valence-corrected chi connectivity index (χ4v) is 3.98. The predicted octanol–water partition coefficient (Wildman–Crippen LogP) is 0.254. The van der Waals surface area contributed by atoms with Gasteiger partial charge in [-0.15, -0.1) is 0 Å². The van der Waals surface area contributed by atoms with Gasteiger partial charge in [0.15, 0.2) is 0 Å². The molecule has 0 bridgehead atoms. The SMILES string of the molecule is CCCc1cc(Cc2c(N)nc(N)nc2N2CCN(S(C)(=O)=O)CC2)on1. The lowest BCUT2D eigenvalue weighted by molar-refractivity contribution is 0.381. The van der Waals surface area contributed by atoms with E-state index in [0.29, 0.717) is 49.7 Å². The van der Waals surface area contributed by atoms with Crippen LogP contribution in [0.2, 0.25) is 0 Å².